The third-order valence-corrected chi connectivity index (χ3v) is 19.5. The van der Waals surface area contributed by atoms with Crippen LogP contribution < -0.4 is 5.32 Å². The summed E-state index contributed by atoms with van der Waals surface area (Å²) >= 11 is 0. The Kier molecular flexibility index (Phi) is 77.3. The number of carbonyl (C=O) groups is 2. The first-order chi connectivity index (χ1) is 44.0. The van der Waals surface area contributed by atoms with E-state index in [0.29, 0.717) is 25.9 Å². The van der Waals surface area contributed by atoms with Crippen LogP contribution in [0.4, 0.5) is 0 Å². The smallest absolute Gasteiger partial charge is 0.305 e. The summed E-state index contributed by atoms with van der Waals surface area (Å²) in [6, 6.07) is -0.537. The molecule has 1 amide bonds. The van der Waals surface area contributed by atoms with Crippen LogP contribution in [0.1, 0.15) is 470 Å². The monoisotopic (exact) mass is 1250 g/mol. The maximum atomic E-state index is 12.6. The van der Waals surface area contributed by atoms with Crippen LogP contribution in [0, 0.1) is 0 Å². The molecule has 2 unspecified atom stereocenters. The Balaban J connectivity index is 3.30. The Morgan fingerprint density at radius 3 is 0.899 bits per heavy atom. The minimum absolute atomic E-state index is 0.00941. The van der Waals surface area contributed by atoms with Crippen LogP contribution >= 0.6 is 0 Å². The van der Waals surface area contributed by atoms with Gasteiger partial charge in [-0.05, 0) is 51.4 Å². The van der Waals surface area contributed by atoms with Crippen LogP contribution in [-0.4, -0.2) is 47.4 Å². The molecule has 0 saturated heterocycles. The normalized spacial score (nSPS) is 12.5. The van der Waals surface area contributed by atoms with Crippen molar-refractivity contribution in [1.82, 2.24) is 5.32 Å². The van der Waals surface area contributed by atoms with E-state index in [1.165, 1.54) is 385 Å². The number of hydrogen-bond acceptors (Lipinski definition) is 5. The summed E-state index contributed by atoms with van der Waals surface area (Å²) in [5, 5.41) is 23.5. The Hall–Kier alpha value is -1.66. The van der Waals surface area contributed by atoms with E-state index in [9.17, 15) is 19.8 Å². The SMILES string of the molecule is CCC/C=C\C/C=C\CCCCCCCC(=O)OCCCCCCCCCCCCCCCCCCCCCCCCCCCCCCCCCCCCCCCCCC(=O)NC(CO)C(O)CCCCCCCCCCCCCCCCCCCCCC. The lowest BCUT2D eigenvalue weighted by Crippen LogP contribution is -2.45. The van der Waals surface area contributed by atoms with Gasteiger partial charge in [0.2, 0.25) is 5.91 Å². The second-order valence-electron chi connectivity index (χ2n) is 28.5. The number of rotatable bonds is 78. The van der Waals surface area contributed by atoms with Crippen molar-refractivity contribution in [2.75, 3.05) is 13.2 Å². The van der Waals surface area contributed by atoms with Crippen LogP contribution in [0.15, 0.2) is 24.3 Å². The summed E-state index contributed by atoms with van der Waals surface area (Å²) in [6.45, 7) is 4.94. The minimum Gasteiger partial charge on any atom is -0.466 e. The van der Waals surface area contributed by atoms with E-state index in [1.807, 2.05) is 0 Å². The lowest BCUT2D eigenvalue weighted by atomic mass is 10.0. The van der Waals surface area contributed by atoms with Crippen molar-refractivity contribution in [2.45, 2.75) is 482 Å². The zero-order valence-corrected chi connectivity index (χ0v) is 60.7. The molecule has 0 aliphatic rings. The average molecular weight is 1250 g/mol. The van der Waals surface area contributed by atoms with E-state index < -0.39 is 12.1 Å². The summed E-state index contributed by atoms with van der Waals surface area (Å²) in [7, 11) is 0. The molecule has 0 aromatic rings. The van der Waals surface area contributed by atoms with Crippen LogP contribution in [0.5, 0.6) is 0 Å². The number of aliphatic hydroxyl groups is 2. The number of unbranched alkanes of at least 4 members (excludes halogenated alkanes) is 63. The van der Waals surface area contributed by atoms with Crippen molar-refractivity contribution in [2.24, 2.45) is 0 Å². The highest BCUT2D eigenvalue weighted by Gasteiger charge is 2.20. The Morgan fingerprint density at radius 1 is 0.315 bits per heavy atom. The van der Waals surface area contributed by atoms with Crippen LogP contribution in [-0.2, 0) is 14.3 Å². The molecule has 0 aromatic carbocycles. The fourth-order valence-corrected chi connectivity index (χ4v) is 13.3. The minimum atomic E-state index is -0.660. The molecule has 528 valence electrons. The molecule has 89 heavy (non-hydrogen) atoms. The predicted molar refractivity (Wildman–Crippen MR) is 393 cm³/mol. The molecule has 0 rings (SSSR count). The van der Waals surface area contributed by atoms with Crippen molar-refractivity contribution in [3.63, 3.8) is 0 Å². The van der Waals surface area contributed by atoms with Gasteiger partial charge in [0, 0.05) is 12.8 Å². The lowest BCUT2D eigenvalue weighted by Gasteiger charge is -2.22. The van der Waals surface area contributed by atoms with Crippen molar-refractivity contribution in [3.05, 3.63) is 24.3 Å². The third kappa shape index (κ3) is 75.3. The summed E-state index contributed by atoms with van der Waals surface area (Å²) in [6.07, 6.45) is 102. The molecule has 0 saturated carbocycles. The van der Waals surface area contributed by atoms with Gasteiger partial charge in [0.1, 0.15) is 0 Å². The van der Waals surface area contributed by atoms with E-state index in [-0.39, 0.29) is 18.5 Å². The molecule has 0 bridgehead atoms. The van der Waals surface area contributed by atoms with Gasteiger partial charge < -0.3 is 20.3 Å². The van der Waals surface area contributed by atoms with Crippen molar-refractivity contribution in [1.29, 1.82) is 0 Å². The highest BCUT2D eigenvalue weighted by Crippen LogP contribution is 2.21. The number of amides is 1. The van der Waals surface area contributed by atoms with Gasteiger partial charge in [-0.15, -0.1) is 0 Å². The predicted octanol–water partition coefficient (Wildman–Crippen LogP) is 27.2. The molecule has 0 fully saturated rings. The number of esters is 1. The molecule has 0 radical (unpaired) electrons. The zero-order chi connectivity index (χ0) is 64.2. The molecular formula is C83H161NO5. The van der Waals surface area contributed by atoms with Gasteiger partial charge in [-0.3, -0.25) is 9.59 Å². The molecule has 0 heterocycles. The summed E-state index contributed by atoms with van der Waals surface area (Å²) in [5.74, 6) is -0.0141. The number of hydrogen-bond donors (Lipinski definition) is 3. The van der Waals surface area contributed by atoms with Crippen LogP contribution in [0.25, 0.3) is 0 Å². The van der Waals surface area contributed by atoms with Gasteiger partial charge in [0.25, 0.3) is 0 Å². The van der Waals surface area contributed by atoms with Crippen LogP contribution in [0.2, 0.25) is 0 Å². The summed E-state index contributed by atoms with van der Waals surface area (Å²) in [4.78, 5) is 24.6. The number of allylic oxidation sites excluding steroid dienone is 4. The zero-order valence-electron chi connectivity index (χ0n) is 60.7. The van der Waals surface area contributed by atoms with E-state index in [1.54, 1.807) is 0 Å². The molecule has 3 N–H and O–H groups in total. The van der Waals surface area contributed by atoms with E-state index in [2.05, 4.69) is 43.5 Å². The highest BCUT2D eigenvalue weighted by molar-refractivity contribution is 5.76. The largest absolute Gasteiger partial charge is 0.466 e. The Labute approximate surface area is 558 Å². The van der Waals surface area contributed by atoms with Gasteiger partial charge in [-0.25, -0.2) is 0 Å². The van der Waals surface area contributed by atoms with Gasteiger partial charge in [-0.1, -0.05) is 430 Å². The van der Waals surface area contributed by atoms with E-state index >= 15 is 0 Å². The second kappa shape index (κ2) is 78.8. The molecule has 2 atom stereocenters. The molecule has 0 spiro atoms. The maximum absolute atomic E-state index is 12.6. The Bertz CT molecular complexity index is 1400. The fourth-order valence-electron chi connectivity index (χ4n) is 13.3. The van der Waals surface area contributed by atoms with E-state index in [0.717, 1.165) is 51.4 Å². The van der Waals surface area contributed by atoms with Gasteiger partial charge in [0.15, 0.2) is 0 Å². The molecule has 0 aliphatic carbocycles. The van der Waals surface area contributed by atoms with Gasteiger partial charge in [0.05, 0.1) is 25.4 Å². The number of nitrogens with one attached hydrogen (secondary N) is 1. The second-order valence-corrected chi connectivity index (χ2v) is 28.5. The molecule has 6 nitrogen and oxygen atoms in total. The topological polar surface area (TPSA) is 95.9 Å². The molecule has 0 aromatic heterocycles. The maximum Gasteiger partial charge on any atom is 0.305 e. The van der Waals surface area contributed by atoms with Gasteiger partial charge >= 0.3 is 5.97 Å². The number of carbonyl (C=O) groups excluding carboxylic acids is 2. The quantitative estimate of drug-likeness (QED) is 0.0320. The Morgan fingerprint density at radius 2 is 0.584 bits per heavy atom. The van der Waals surface area contributed by atoms with E-state index in [4.69, 9.17) is 4.74 Å². The first-order valence-corrected chi connectivity index (χ1v) is 41.1. The molecule has 6 heteroatoms. The van der Waals surface area contributed by atoms with Crippen molar-refractivity contribution in [3.8, 4) is 0 Å². The highest BCUT2D eigenvalue weighted by atomic mass is 16.5. The molecule has 0 aliphatic heterocycles. The first-order valence-electron chi connectivity index (χ1n) is 41.1. The van der Waals surface area contributed by atoms with Crippen molar-refractivity contribution >= 4 is 11.9 Å². The third-order valence-electron chi connectivity index (χ3n) is 19.5. The first kappa shape index (κ1) is 87.3. The standard InChI is InChI=1S/C83H161NO5/c1-3-5-7-9-11-13-15-17-18-19-20-42-45-48-52-55-59-63-67-71-75-81(86)80(79-85)84-82(87)76-72-68-64-60-56-53-49-46-43-40-38-36-34-32-30-28-26-24-22-21-23-25-27-29-31-33-35-37-39-41-44-47-50-54-58-62-66-70-74-78-89-83(88)77-73-69-65-61-57-51-16-14-12-10-8-6-4-2/h8,10,14,16,80-81,85-86H,3-7,9,11-13,15,17-79H2,1-2H3,(H,84,87)/b10-8-,16-14-. The summed E-state index contributed by atoms with van der Waals surface area (Å²) in [5.41, 5.74) is 0. The van der Waals surface area contributed by atoms with Crippen molar-refractivity contribution < 1.29 is 24.5 Å². The number of aliphatic hydroxyl groups excluding tert-OH is 2. The fraction of sp³-hybridized carbons (Fsp3) is 0.928. The van der Waals surface area contributed by atoms with Gasteiger partial charge in [-0.2, -0.15) is 0 Å². The lowest BCUT2D eigenvalue weighted by molar-refractivity contribution is -0.143. The molecular weight excluding hydrogens is 1090 g/mol. The summed E-state index contributed by atoms with van der Waals surface area (Å²) < 4.78 is 5.49. The average Bonchev–Trinajstić information content (AvgIpc) is 3.55. The number of ether oxygens (including phenoxy) is 1. The van der Waals surface area contributed by atoms with Crippen LogP contribution in [0.3, 0.4) is 0 Å².